The Morgan fingerprint density at radius 2 is 1.86 bits per heavy atom. The maximum atomic E-state index is 12.7. The first-order valence-electron chi connectivity index (χ1n) is 10.6. The quantitative estimate of drug-likeness (QED) is 0.835. The first-order chi connectivity index (χ1) is 13.3. The molecule has 0 saturated carbocycles. The lowest BCUT2D eigenvalue weighted by Crippen LogP contribution is -2.42. The molecule has 156 valence electrons. The van der Waals surface area contributed by atoms with Gasteiger partial charge in [-0.3, -0.25) is 9.59 Å². The fraction of sp³-hybridized carbons (Fsp3) is 0.652. The number of carbonyl (C=O) groups is 2. The Labute approximate surface area is 169 Å². The zero-order valence-corrected chi connectivity index (χ0v) is 17.6. The SMILES string of the molecule is CC1CCC[C@](C)(O)CCCN(C)C(=O)C[C@H](CCc2ccccc2)NC1=O. The average Bonchev–Trinajstić information content (AvgIpc) is 2.65. The van der Waals surface area contributed by atoms with E-state index in [1.165, 1.54) is 5.56 Å². The summed E-state index contributed by atoms with van der Waals surface area (Å²) in [4.78, 5) is 27.1. The van der Waals surface area contributed by atoms with Gasteiger partial charge in [0.05, 0.1) is 5.60 Å². The molecule has 1 saturated heterocycles. The number of carbonyl (C=O) groups excluding carboxylic acids is 2. The standard InChI is InChI=1S/C23H36N2O3/c1-18-9-7-14-23(2,28)15-8-16-25(3)21(26)17-20(24-22(18)27)13-12-19-10-5-4-6-11-19/h4-6,10-11,18,20,28H,7-9,12-17H2,1-3H3,(H,24,27)/t18?,20-,23-/m0/s1. The van der Waals surface area contributed by atoms with Gasteiger partial charge in [-0.05, 0) is 57.4 Å². The van der Waals surface area contributed by atoms with Gasteiger partial charge >= 0.3 is 0 Å². The maximum Gasteiger partial charge on any atom is 0.224 e. The third kappa shape index (κ3) is 7.63. The summed E-state index contributed by atoms with van der Waals surface area (Å²) in [5.74, 6) is -0.0706. The maximum absolute atomic E-state index is 12.7. The molecule has 2 rings (SSSR count). The zero-order valence-electron chi connectivity index (χ0n) is 17.6. The molecule has 5 nitrogen and oxygen atoms in total. The number of benzene rings is 1. The molecule has 0 aromatic heterocycles. The van der Waals surface area contributed by atoms with E-state index < -0.39 is 5.60 Å². The molecule has 0 spiro atoms. The van der Waals surface area contributed by atoms with Gasteiger partial charge in [0.1, 0.15) is 0 Å². The molecule has 2 amide bonds. The minimum Gasteiger partial charge on any atom is -0.390 e. The molecule has 28 heavy (non-hydrogen) atoms. The van der Waals surface area contributed by atoms with Gasteiger partial charge in [0.25, 0.3) is 0 Å². The predicted molar refractivity (Wildman–Crippen MR) is 112 cm³/mol. The van der Waals surface area contributed by atoms with Gasteiger partial charge in [0.2, 0.25) is 11.8 Å². The average molecular weight is 389 g/mol. The van der Waals surface area contributed by atoms with Gasteiger partial charge in [-0.15, -0.1) is 0 Å². The number of nitrogens with zero attached hydrogens (tertiary/aromatic N) is 1. The van der Waals surface area contributed by atoms with Crippen LogP contribution in [0.5, 0.6) is 0 Å². The van der Waals surface area contributed by atoms with Crippen molar-refractivity contribution in [2.45, 2.75) is 76.9 Å². The van der Waals surface area contributed by atoms with E-state index in [1.54, 1.807) is 4.90 Å². The zero-order chi connectivity index (χ0) is 20.6. The van der Waals surface area contributed by atoms with Crippen molar-refractivity contribution in [2.24, 2.45) is 5.92 Å². The van der Waals surface area contributed by atoms with E-state index >= 15 is 0 Å². The Hall–Kier alpha value is -1.88. The first-order valence-corrected chi connectivity index (χ1v) is 10.6. The normalized spacial score (nSPS) is 28.5. The molecule has 1 unspecified atom stereocenters. The lowest BCUT2D eigenvalue weighted by Gasteiger charge is -2.28. The van der Waals surface area contributed by atoms with Crippen LogP contribution in [0.15, 0.2) is 30.3 Å². The predicted octanol–water partition coefficient (Wildman–Crippen LogP) is 3.30. The van der Waals surface area contributed by atoms with E-state index in [1.807, 2.05) is 39.1 Å². The van der Waals surface area contributed by atoms with Gasteiger partial charge < -0.3 is 15.3 Å². The van der Waals surface area contributed by atoms with Crippen LogP contribution in [0.3, 0.4) is 0 Å². The van der Waals surface area contributed by atoms with Gasteiger partial charge in [0, 0.05) is 32.0 Å². The van der Waals surface area contributed by atoms with Gasteiger partial charge in [-0.1, -0.05) is 37.3 Å². The number of hydrogen-bond acceptors (Lipinski definition) is 3. The van der Waals surface area contributed by atoms with Crippen molar-refractivity contribution in [3.05, 3.63) is 35.9 Å². The van der Waals surface area contributed by atoms with E-state index in [0.29, 0.717) is 25.8 Å². The fourth-order valence-electron chi connectivity index (χ4n) is 3.79. The molecule has 1 aromatic carbocycles. The Morgan fingerprint density at radius 3 is 2.57 bits per heavy atom. The van der Waals surface area contributed by atoms with Crippen LogP contribution >= 0.6 is 0 Å². The molecule has 2 N–H and O–H groups in total. The summed E-state index contributed by atoms with van der Waals surface area (Å²) >= 11 is 0. The highest BCUT2D eigenvalue weighted by Crippen LogP contribution is 2.22. The summed E-state index contributed by atoms with van der Waals surface area (Å²) in [6, 6.07) is 10.0. The lowest BCUT2D eigenvalue weighted by atomic mass is 9.90. The van der Waals surface area contributed by atoms with Crippen LogP contribution in [-0.2, 0) is 16.0 Å². The monoisotopic (exact) mass is 388 g/mol. The first kappa shape index (κ1) is 22.4. The minimum atomic E-state index is -0.734. The smallest absolute Gasteiger partial charge is 0.224 e. The molecular formula is C23H36N2O3. The van der Waals surface area contributed by atoms with Crippen LogP contribution in [-0.4, -0.2) is 47.1 Å². The highest BCUT2D eigenvalue weighted by Gasteiger charge is 2.25. The molecule has 1 fully saturated rings. The summed E-state index contributed by atoms with van der Waals surface area (Å²) in [5.41, 5.74) is 0.481. The Bertz CT molecular complexity index is 598. The third-order valence-corrected chi connectivity index (χ3v) is 5.83. The lowest BCUT2D eigenvalue weighted by molar-refractivity contribution is -0.131. The van der Waals surface area contributed by atoms with Crippen LogP contribution in [0.4, 0.5) is 0 Å². The molecule has 0 bridgehead atoms. The van der Waals surface area contributed by atoms with E-state index in [9.17, 15) is 14.7 Å². The Kier molecular flexibility index (Phi) is 8.49. The molecule has 0 aliphatic carbocycles. The van der Waals surface area contributed by atoms with Crippen molar-refractivity contribution in [1.82, 2.24) is 10.2 Å². The summed E-state index contributed by atoms with van der Waals surface area (Å²) in [6.45, 7) is 4.41. The van der Waals surface area contributed by atoms with Crippen molar-refractivity contribution < 1.29 is 14.7 Å². The largest absolute Gasteiger partial charge is 0.390 e. The fourth-order valence-corrected chi connectivity index (χ4v) is 3.79. The van der Waals surface area contributed by atoms with E-state index in [-0.39, 0.29) is 23.8 Å². The second-order valence-corrected chi connectivity index (χ2v) is 8.64. The van der Waals surface area contributed by atoms with Gasteiger partial charge in [0.15, 0.2) is 0 Å². The number of aliphatic hydroxyl groups is 1. The van der Waals surface area contributed by atoms with Crippen molar-refractivity contribution in [1.29, 1.82) is 0 Å². The van der Waals surface area contributed by atoms with Crippen molar-refractivity contribution in [2.75, 3.05) is 13.6 Å². The Morgan fingerprint density at radius 1 is 1.18 bits per heavy atom. The molecule has 0 radical (unpaired) electrons. The summed E-state index contributed by atoms with van der Waals surface area (Å²) in [7, 11) is 1.81. The van der Waals surface area contributed by atoms with Crippen LogP contribution in [0, 0.1) is 5.92 Å². The molecule has 1 aliphatic rings. The molecule has 1 aromatic rings. The molecule has 1 aliphatic heterocycles. The summed E-state index contributed by atoms with van der Waals surface area (Å²) in [5, 5.41) is 13.6. The number of aryl methyl sites for hydroxylation is 1. The Balaban J connectivity index is 2.05. The van der Waals surface area contributed by atoms with Crippen LogP contribution in [0.1, 0.15) is 64.4 Å². The minimum absolute atomic E-state index is 0.00483. The van der Waals surface area contributed by atoms with Crippen LogP contribution < -0.4 is 5.32 Å². The number of amides is 2. The van der Waals surface area contributed by atoms with Crippen molar-refractivity contribution in [3.8, 4) is 0 Å². The van der Waals surface area contributed by atoms with E-state index in [2.05, 4.69) is 17.4 Å². The van der Waals surface area contributed by atoms with Gasteiger partial charge in [-0.2, -0.15) is 0 Å². The summed E-state index contributed by atoms with van der Waals surface area (Å²) in [6.07, 6.45) is 5.61. The number of hydrogen-bond donors (Lipinski definition) is 2. The molecular weight excluding hydrogens is 352 g/mol. The third-order valence-electron chi connectivity index (χ3n) is 5.83. The highest BCUT2D eigenvalue weighted by molar-refractivity contribution is 5.81. The number of nitrogens with one attached hydrogen (secondary N) is 1. The summed E-state index contributed by atoms with van der Waals surface area (Å²) < 4.78 is 0. The van der Waals surface area contributed by atoms with E-state index in [4.69, 9.17) is 0 Å². The van der Waals surface area contributed by atoms with Crippen molar-refractivity contribution >= 4 is 11.8 Å². The van der Waals surface area contributed by atoms with E-state index in [0.717, 1.165) is 32.1 Å². The molecule has 3 atom stereocenters. The van der Waals surface area contributed by atoms with Crippen molar-refractivity contribution in [3.63, 3.8) is 0 Å². The molecule has 1 heterocycles. The number of rotatable bonds is 3. The second-order valence-electron chi connectivity index (χ2n) is 8.64. The van der Waals surface area contributed by atoms with Crippen LogP contribution in [0.25, 0.3) is 0 Å². The second kappa shape index (κ2) is 10.6. The molecule has 5 heteroatoms. The topological polar surface area (TPSA) is 69.6 Å². The van der Waals surface area contributed by atoms with Gasteiger partial charge in [-0.25, -0.2) is 0 Å². The highest BCUT2D eigenvalue weighted by atomic mass is 16.3. The van der Waals surface area contributed by atoms with Crippen LogP contribution in [0.2, 0.25) is 0 Å².